The maximum atomic E-state index is 13.0. The normalized spacial score (nSPS) is 10.5. The molecule has 26 heavy (non-hydrogen) atoms. The molecule has 0 unspecified atom stereocenters. The lowest BCUT2D eigenvalue weighted by atomic mass is 10.2. The number of aromatic nitrogens is 1. The lowest BCUT2D eigenvalue weighted by Crippen LogP contribution is -2.24. The van der Waals surface area contributed by atoms with Crippen LogP contribution in [0, 0.1) is 5.82 Å². The molecule has 2 heterocycles. The summed E-state index contributed by atoms with van der Waals surface area (Å²) in [7, 11) is 0. The first-order valence-electron chi connectivity index (χ1n) is 7.95. The number of halogens is 1. The Kier molecular flexibility index (Phi) is 6.08. The van der Waals surface area contributed by atoms with E-state index in [9.17, 15) is 14.0 Å². The molecule has 0 aliphatic rings. The summed E-state index contributed by atoms with van der Waals surface area (Å²) >= 11 is 2.69. The van der Waals surface area contributed by atoms with Gasteiger partial charge in [-0.3, -0.25) is 9.59 Å². The number of hydrogen-bond acceptors (Lipinski definition) is 5. The van der Waals surface area contributed by atoms with E-state index in [0.29, 0.717) is 28.7 Å². The number of anilines is 1. The zero-order chi connectivity index (χ0) is 18.4. The zero-order valence-electron chi connectivity index (χ0n) is 13.7. The van der Waals surface area contributed by atoms with E-state index in [0.717, 1.165) is 5.56 Å². The van der Waals surface area contributed by atoms with Crippen LogP contribution in [0.25, 0.3) is 11.3 Å². The Bertz CT molecular complexity index is 876. The van der Waals surface area contributed by atoms with Gasteiger partial charge in [0.05, 0.1) is 10.6 Å². The Labute approximate surface area is 157 Å². The molecule has 3 aromatic rings. The number of carbonyl (C=O) groups excluding carboxylic acids is 2. The van der Waals surface area contributed by atoms with Crippen molar-refractivity contribution in [3.63, 3.8) is 0 Å². The molecule has 2 aromatic heterocycles. The molecule has 5 nitrogen and oxygen atoms in total. The van der Waals surface area contributed by atoms with Crippen LogP contribution in [0.15, 0.2) is 47.2 Å². The second-order valence-corrected chi connectivity index (χ2v) is 7.24. The molecule has 3 rings (SSSR count). The molecule has 0 aliphatic heterocycles. The number of thiophene rings is 1. The van der Waals surface area contributed by atoms with Gasteiger partial charge in [0.2, 0.25) is 5.91 Å². The first-order valence-corrected chi connectivity index (χ1v) is 9.71. The summed E-state index contributed by atoms with van der Waals surface area (Å²) in [6, 6.07) is 9.61. The highest BCUT2D eigenvalue weighted by molar-refractivity contribution is 7.14. The van der Waals surface area contributed by atoms with Crippen molar-refractivity contribution in [3.05, 3.63) is 57.9 Å². The molecule has 0 saturated carbocycles. The summed E-state index contributed by atoms with van der Waals surface area (Å²) in [5, 5.41) is 9.68. The van der Waals surface area contributed by atoms with Crippen molar-refractivity contribution in [3.8, 4) is 11.3 Å². The van der Waals surface area contributed by atoms with Crippen molar-refractivity contribution in [2.24, 2.45) is 0 Å². The average Bonchev–Trinajstić information content (AvgIpc) is 3.31. The predicted octanol–water partition coefficient (Wildman–Crippen LogP) is 4.16. The van der Waals surface area contributed by atoms with Gasteiger partial charge in [-0.25, -0.2) is 9.37 Å². The van der Waals surface area contributed by atoms with Gasteiger partial charge in [-0.05, 0) is 42.1 Å². The van der Waals surface area contributed by atoms with E-state index in [1.165, 1.54) is 34.8 Å². The third-order valence-corrected chi connectivity index (χ3v) is 5.13. The molecule has 0 fully saturated rings. The fourth-order valence-electron chi connectivity index (χ4n) is 2.21. The van der Waals surface area contributed by atoms with Crippen LogP contribution in [0.2, 0.25) is 0 Å². The van der Waals surface area contributed by atoms with Crippen molar-refractivity contribution in [2.75, 3.05) is 11.9 Å². The van der Waals surface area contributed by atoms with Gasteiger partial charge in [0.25, 0.3) is 5.91 Å². The number of amides is 2. The van der Waals surface area contributed by atoms with Crippen LogP contribution in [0.4, 0.5) is 9.52 Å². The molecule has 134 valence electrons. The summed E-state index contributed by atoms with van der Waals surface area (Å²) in [6.07, 6.45) is 0.829. The molecule has 0 aliphatic carbocycles. The molecule has 0 bridgehead atoms. The van der Waals surface area contributed by atoms with Crippen LogP contribution in [-0.4, -0.2) is 23.3 Å². The van der Waals surface area contributed by atoms with Crippen molar-refractivity contribution >= 4 is 39.6 Å². The molecule has 1 aromatic carbocycles. The third kappa shape index (κ3) is 4.96. The smallest absolute Gasteiger partial charge is 0.261 e. The van der Waals surface area contributed by atoms with E-state index in [1.807, 2.05) is 16.8 Å². The van der Waals surface area contributed by atoms with Gasteiger partial charge in [0, 0.05) is 23.9 Å². The Morgan fingerprint density at radius 2 is 1.92 bits per heavy atom. The van der Waals surface area contributed by atoms with Crippen molar-refractivity contribution < 1.29 is 14.0 Å². The number of nitrogens with zero attached hydrogens (tertiary/aromatic N) is 1. The average molecular weight is 389 g/mol. The molecule has 0 saturated heterocycles. The minimum Gasteiger partial charge on any atom is -0.351 e. The summed E-state index contributed by atoms with van der Waals surface area (Å²) < 4.78 is 13.0. The van der Waals surface area contributed by atoms with Crippen LogP contribution in [0.3, 0.4) is 0 Å². The maximum Gasteiger partial charge on any atom is 0.261 e. The topological polar surface area (TPSA) is 71.1 Å². The first-order chi connectivity index (χ1) is 12.6. The number of benzene rings is 1. The molecule has 2 amide bonds. The van der Waals surface area contributed by atoms with Crippen molar-refractivity contribution in [1.29, 1.82) is 0 Å². The Morgan fingerprint density at radius 3 is 2.65 bits per heavy atom. The molecular weight excluding hydrogens is 373 g/mol. The molecule has 0 radical (unpaired) electrons. The van der Waals surface area contributed by atoms with Gasteiger partial charge in [0.15, 0.2) is 5.13 Å². The zero-order valence-corrected chi connectivity index (χ0v) is 15.3. The van der Waals surface area contributed by atoms with Crippen LogP contribution in [0.1, 0.15) is 22.5 Å². The SMILES string of the molecule is O=C(CCCNC(=O)c1cccs1)Nc1nc(-c2ccc(F)cc2)cs1. The maximum absolute atomic E-state index is 13.0. The van der Waals surface area contributed by atoms with Gasteiger partial charge in [-0.2, -0.15) is 0 Å². The number of thiazole rings is 1. The number of carbonyl (C=O) groups is 2. The standard InChI is InChI=1S/C18H16FN3O2S2/c19-13-7-5-12(6-8-13)14-11-26-18(21-14)22-16(23)4-1-9-20-17(24)15-3-2-10-25-15/h2-3,5-8,10-11H,1,4,9H2,(H,20,24)(H,21,22,23). The van der Waals surface area contributed by atoms with E-state index >= 15 is 0 Å². The summed E-state index contributed by atoms with van der Waals surface area (Å²) in [6.45, 7) is 0.433. The second kappa shape index (κ2) is 8.68. The molecule has 8 heteroatoms. The van der Waals surface area contributed by atoms with Crippen molar-refractivity contribution in [1.82, 2.24) is 10.3 Å². The van der Waals surface area contributed by atoms with Crippen LogP contribution in [-0.2, 0) is 4.79 Å². The Hall–Kier alpha value is -2.58. The highest BCUT2D eigenvalue weighted by atomic mass is 32.1. The summed E-state index contributed by atoms with van der Waals surface area (Å²) in [4.78, 5) is 28.7. The van der Waals surface area contributed by atoms with Crippen LogP contribution in [0.5, 0.6) is 0 Å². The lowest BCUT2D eigenvalue weighted by molar-refractivity contribution is -0.116. The highest BCUT2D eigenvalue weighted by Gasteiger charge is 2.09. The third-order valence-electron chi connectivity index (χ3n) is 3.50. The largest absolute Gasteiger partial charge is 0.351 e. The fraction of sp³-hybridized carbons (Fsp3) is 0.167. The Balaban J connectivity index is 1.42. The van der Waals surface area contributed by atoms with Crippen LogP contribution < -0.4 is 10.6 Å². The quantitative estimate of drug-likeness (QED) is 0.596. The highest BCUT2D eigenvalue weighted by Crippen LogP contribution is 2.25. The van der Waals surface area contributed by atoms with Gasteiger partial charge in [0.1, 0.15) is 5.82 Å². The van der Waals surface area contributed by atoms with Gasteiger partial charge < -0.3 is 10.6 Å². The second-order valence-electron chi connectivity index (χ2n) is 5.43. The minimum absolute atomic E-state index is 0.121. The first kappa shape index (κ1) is 18.2. The molecule has 2 N–H and O–H groups in total. The van der Waals surface area contributed by atoms with Gasteiger partial charge in [-0.15, -0.1) is 22.7 Å². The Morgan fingerprint density at radius 1 is 1.12 bits per heavy atom. The number of nitrogens with one attached hydrogen (secondary N) is 2. The number of hydrogen-bond donors (Lipinski definition) is 2. The lowest BCUT2D eigenvalue weighted by Gasteiger charge is -2.04. The summed E-state index contributed by atoms with van der Waals surface area (Å²) in [5.74, 6) is -0.580. The van der Waals surface area contributed by atoms with Gasteiger partial charge in [-0.1, -0.05) is 6.07 Å². The monoisotopic (exact) mass is 389 g/mol. The van der Waals surface area contributed by atoms with E-state index in [-0.39, 0.29) is 24.1 Å². The molecule has 0 atom stereocenters. The van der Waals surface area contributed by atoms with Crippen LogP contribution >= 0.6 is 22.7 Å². The fourth-order valence-corrected chi connectivity index (χ4v) is 3.59. The molecular formula is C18H16FN3O2S2. The van der Waals surface area contributed by atoms with E-state index in [2.05, 4.69) is 15.6 Å². The predicted molar refractivity (Wildman–Crippen MR) is 102 cm³/mol. The molecule has 0 spiro atoms. The van der Waals surface area contributed by atoms with E-state index < -0.39 is 0 Å². The van der Waals surface area contributed by atoms with Gasteiger partial charge >= 0.3 is 0 Å². The van der Waals surface area contributed by atoms with E-state index in [4.69, 9.17) is 0 Å². The number of rotatable bonds is 7. The minimum atomic E-state index is -0.302. The van der Waals surface area contributed by atoms with Crippen molar-refractivity contribution in [2.45, 2.75) is 12.8 Å². The van der Waals surface area contributed by atoms with E-state index in [1.54, 1.807) is 18.2 Å². The summed E-state index contributed by atoms with van der Waals surface area (Å²) in [5.41, 5.74) is 1.48.